The van der Waals surface area contributed by atoms with Crippen molar-refractivity contribution in [1.82, 2.24) is 0 Å². The molecule has 0 saturated heterocycles. The second-order valence-electron chi connectivity index (χ2n) is 3.29. The Kier molecular flexibility index (Phi) is 5.66. The first kappa shape index (κ1) is 12.4. The quantitative estimate of drug-likeness (QED) is 0.527. The Balaban J connectivity index is 4.23. The van der Waals surface area contributed by atoms with E-state index >= 15 is 0 Å². The molecule has 4 heteroatoms. The van der Waals surface area contributed by atoms with Crippen LogP contribution in [0, 0.1) is 0 Å². The van der Waals surface area contributed by atoms with Crippen molar-refractivity contribution in [3.05, 3.63) is 12.2 Å². The Bertz CT molecular complexity index is 189. The van der Waals surface area contributed by atoms with Gasteiger partial charge in [-0.3, -0.25) is 0 Å². The molecule has 13 heavy (non-hydrogen) atoms. The minimum atomic E-state index is -1.18. The minimum Gasteiger partial charge on any atom is -0.478 e. The molecule has 3 nitrogen and oxygen atoms in total. The summed E-state index contributed by atoms with van der Waals surface area (Å²) >= 11 is 0. The summed E-state index contributed by atoms with van der Waals surface area (Å²) in [6.07, 6.45) is 1.38. The molecule has 0 aliphatic rings. The Morgan fingerprint density at radius 1 is 1.62 bits per heavy atom. The predicted molar refractivity (Wildman–Crippen MR) is 55.4 cm³/mol. The zero-order valence-electron chi connectivity index (χ0n) is 8.54. The van der Waals surface area contributed by atoms with E-state index in [0.29, 0.717) is 0 Å². The van der Waals surface area contributed by atoms with Crippen molar-refractivity contribution in [1.29, 1.82) is 0 Å². The zero-order chi connectivity index (χ0) is 10.4. The van der Waals surface area contributed by atoms with Gasteiger partial charge in [0.05, 0.1) is 11.7 Å². The standard InChI is InChI=1S/C9H18O3Si/c1-5-6-8(12-13(3)4)7(2)9(10)11/h8,13H,2,5-6H2,1,3-4H3,(H,10,11). The largest absolute Gasteiger partial charge is 0.478 e. The van der Waals surface area contributed by atoms with Crippen LogP contribution >= 0.6 is 0 Å². The lowest BCUT2D eigenvalue weighted by molar-refractivity contribution is -0.133. The molecule has 0 spiro atoms. The van der Waals surface area contributed by atoms with E-state index in [1.54, 1.807) is 0 Å². The summed E-state index contributed by atoms with van der Waals surface area (Å²) in [6.45, 7) is 9.58. The van der Waals surface area contributed by atoms with Crippen LogP contribution in [-0.2, 0) is 9.22 Å². The van der Waals surface area contributed by atoms with Gasteiger partial charge >= 0.3 is 5.97 Å². The van der Waals surface area contributed by atoms with Gasteiger partial charge in [0, 0.05) is 0 Å². The number of carboxylic acid groups (broad SMARTS) is 1. The van der Waals surface area contributed by atoms with E-state index in [1.165, 1.54) is 0 Å². The molecule has 0 amide bonds. The second kappa shape index (κ2) is 5.94. The molecule has 0 aromatic rings. The van der Waals surface area contributed by atoms with Gasteiger partial charge in [0.1, 0.15) is 0 Å². The lowest BCUT2D eigenvalue weighted by atomic mass is 10.1. The summed E-state index contributed by atoms with van der Waals surface area (Å²) in [7, 11) is -1.18. The molecule has 1 unspecified atom stereocenters. The van der Waals surface area contributed by atoms with Crippen LogP contribution in [0.1, 0.15) is 19.8 Å². The van der Waals surface area contributed by atoms with Crippen molar-refractivity contribution < 1.29 is 14.3 Å². The highest BCUT2D eigenvalue weighted by Crippen LogP contribution is 2.12. The van der Waals surface area contributed by atoms with Gasteiger partial charge in [-0.15, -0.1) is 0 Å². The molecule has 76 valence electrons. The molecule has 0 saturated carbocycles. The molecule has 0 aromatic carbocycles. The van der Waals surface area contributed by atoms with Gasteiger partial charge in [-0.05, 0) is 19.5 Å². The van der Waals surface area contributed by atoms with E-state index in [-0.39, 0.29) is 11.7 Å². The number of carbonyl (C=O) groups is 1. The van der Waals surface area contributed by atoms with Crippen molar-refractivity contribution in [2.75, 3.05) is 0 Å². The van der Waals surface area contributed by atoms with Crippen LogP contribution in [0.2, 0.25) is 13.1 Å². The maximum atomic E-state index is 10.6. The number of carboxylic acids is 1. The molecule has 0 aliphatic carbocycles. The maximum Gasteiger partial charge on any atom is 0.333 e. The third kappa shape index (κ3) is 4.85. The first-order valence-corrected chi connectivity index (χ1v) is 7.34. The zero-order valence-corrected chi connectivity index (χ0v) is 9.69. The molecular weight excluding hydrogens is 184 g/mol. The summed E-state index contributed by atoms with van der Waals surface area (Å²) in [5.74, 6) is -0.951. The Hall–Kier alpha value is -0.613. The van der Waals surface area contributed by atoms with Crippen LogP contribution in [0.4, 0.5) is 0 Å². The predicted octanol–water partition coefficient (Wildman–Crippen LogP) is 1.80. The summed E-state index contributed by atoms with van der Waals surface area (Å²) in [5.41, 5.74) is 0.183. The molecule has 0 fully saturated rings. The smallest absolute Gasteiger partial charge is 0.333 e. The van der Waals surface area contributed by atoms with E-state index in [1.807, 2.05) is 20.0 Å². The highest BCUT2D eigenvalue weighted by molar-refractivity contribution is 6.48. The molecule has 0 bridgehead atoms. The summed E-state index contributed by atoms with van der Waals surface area (Å²) in [6, 6.07) is 0. The molecule has 0 heterocycles. The average Bonchev–Trinajstić information content (AvgIpc) is 2.01. The number of hydrogen-bond acceptors (Lipinski definition) is 2. The van der Waals surface area contributed by atoms with Gasteiger partial charge < -0.3 is 9.53 Å². The third-order valence-electron chi connectivity index (χ3n) is 1.65. The van der Waals surface area contributed by atoms with Gasteiger partial charge in [-0.2, -0.15) is 0 Å². The summed E-state index contributed by atoms with van der Waals surface area (Å²) < 4.78 is 5.57. The van der Waals surface area contributed by atoms with Crippen molar-refractivity contribution >= 4 is 15.0 Å². The number of hydrogen-bond donors (Lipinski definition) is 1. The monoisotopic (exact) mass is 202 g/mol. The molecule has 0 rings (SSSR count). The highest BCUT2D eigenvalue weighted by Gasteiger charge is 2.19. The van der Waals surface area contributed by atoms with E-state index in [9.17, 15) is 4.79 Å². The Morgan fingerprint density at radius 2 is 2.15 bits per heavy atom. The van der Waals surface area contributed by atoms with Gasteiger partial charge in [0.15, 0.2) is 9.04 Å². The maximum absolute atomic E-state index is 10.6. The first-order chi connectivity index (χ1) is 5.99. The highest BCUT2D eigenvalue weighted by atomic mass is 28.3. The van der Waals surface area contributed by atoms with Gasteiger partial charge in [0.2, 0.25) is 0 Å². The van der Waals surface area contributed by atoms with E-state index < -0.39 is 15.0 Å². The van der Waals surface area contributed by atoms with Gasteiger partial charge in [-0.25, -0.2) is 4.79 Å². The van der Waals surface area contributed by atoms with Crippen LogP contribution in [-0.4, -0.2) is 26.2 Å². The lowest BCUT2D eigenvalue weighted by Crippen LogP contribution is -2.25. The molecule has 0 aliphatic heterocycles. The van der Waals surface area contributed by atoms with Crippen molar-refractivity contribution in [2.24, 2.45) is 0 Å². The lowest BCUT2D eigenvalue weighted by Gasteiger charge is -2.19. The second-order valence-corrected chi connectivity index (χ2v) is 5.66. The van der Waals surface area contributed by atoms with Crippen LogP contribution in [0.3, 0.4) is 0 Å². The number of aliphatic carboxylic acids is 1. The molecular formula is C9H18O3Si. The fourth-order valence-electron chi connectivity index (χ4n) is 1.05. The average molecular weight is 202 g/mol. The van der Waals surface area contributed by atoms with Gasteiger partial charge in [0.25, 0.3) is 0 Å². The molecule has 1 N–H and O–H groups in total. The SMILES string of the molecule is C=C(C(=O)O)C(CCC)O[SiH](C)C. The molecule has 1 atom stereocenters. The first-order valence-electron chi connectivity index (χ1n) is 4.56. The van der Waals surface area contributed by atoms with Crippen LogP contribution in [0.15, 0.2) is 12.2 Å². The summed E-state index contributed by atoms with van der Waals surface area (Å²) in [5, 5.41) is 8.73. The van der Waals surface area contributed by atoms with Gasteiger partial charge in [-0.1, -0.05) is 19.9 Å². The van der Waals surface area contributed by atoms with Crippen molar-refractivity contribution in [2.45, 2.75) is 39.0 Å². The Labute approximate surface area is 81.1 Å². The fraction of sp³-hybridized carbons (Fsp3) is 0.667. The van der Waals surface area contributed by atoms with Crippen molar-refractivity contribution in [3.8, 4) is 0 Å². The van der Waals surface area contributed by atoms with Crippen LogP contribution in [0.5, 0.6) is 0 Å². The molecule has 0 radical (unpaired) electrons. The van der Waals surface area contributed by atoms with Crippen LogP contribution < -0.4 is 0 Å². The number of rotatable bonds is 6. The normalized spacial score (nSPS) is 12.9. The van der Waals surface area contributed by atoms with E-state index in [0.717, 1.165) is 12.8 Å². The molecule has 0 aromatic heterocycles. The summed E-state index contributed by atoms with van der Waals surface area (Å²) in [4.78, 5) is 10.6. The minimum absolute atomic E-state index is 0.183. The van der Waals surface area contributed by atoms with E-state index in [2.05, 4.69) is 6.58 Å². The topological polar surface area (TPSA) is 46.5 Å². The Morgan fingerprint density at radius 3 is 2.46 bits per heavy atom. The van der Waals surface area contributed by atoms with Crippen molar-refractivity contribution in [3.63, 3.8) is 0 Å². The van der Waals surface area contributed by atoms with E-state index in [4.69, 9.17) is 9.53 Å². The fourth-order valence-corrected chi connectivity index (χ4v) is 2.01. The third-order valence-corrected chi connectivity index (χ3v) is 2.52. The van der Waals surface area contributed by atoms with Crippen LogP contribution in [0.25, 0.3) is 0 Å².